The second-order valence-corrected chi connectivity index (χ2v) is 4.24. The summed E-state index contributed by atoms with van der Waals surface area (Å²) in [7, 11) is 0. The van der Waals surface area contributed by atoms with Crippen molar-refractivity contribution in [2.45, 2.75) is 12.6 Å². The molecule has 1 fully saturated rings. The van der Waals surface area contributed by atoms with Crippen molar-refractivity contribution >= 4 is 17.6 Å². The first-order valence-corrected chi connectivity index (χ1v) is 5.48. The summed E-state index contributed by atoms with van der Waals surface area (Å²) >= 11 is 0. The summed E-state index contributed by atoms with van der Waals surface area (Å²) in [6, 6.07) is 4.58. The second-order valence-electron chi connectivity index (χ2n) is 4.24. The first-order chi connectivity index (χ1) is 8.80. The number of anilines is 1. The minimum atomic E-state index is -4.60. The lowest BCUT2D eigenvalue weighted by Crippen LogP contribution is -2.34. The lowest BCUT2D eigenvalue weighted by atomic mass is 10.1. The molecule has 4 nitrogen and oxygen atoms in total. The van der Waals surface area contributed by atoms with Crippen LogP contribution in [0.4, 0.5) is 18.9 Å². The van der Waals surface area contributed by atoms with Gasteiger partial charge in [0.2, 0.25) is 5.91 Å². The van der Waals surface area contributed by atoms with Crippen molar-refractivity contribution in [2.24, 2.45) is 5.92 Å². The van der Waals surface area contributed by atoms with Crippen LogP contribution < -0.4 is 10.0 Å². The second kappa shape index (κ2) is 4.56. The van der Waals surface area contributed by atoms with Gasteiger partial charge in [-0.05, 0) is 12.1 Å². The van der Waals surface area contributed by atoms with Crippen molar-refractivity contribution < 1.29 is 27.9 Å². The van der Waals surface area contributed by atoms with Crippen LogP contribution in [0.25, 0.3) is 0 Å². The number of carbonyl (C=O) groups is 2. The van der Waals surface area contributed by atoms with Crippen molar-refractivity contribution in [3.63, 3.8) is 0 Å². The van der Waals surface area contributed by atoms with E-state index >= 15 is 0 Å². The molecule has 0 aliphatic carbocycles. The maximum Gasteiger partial charge on any atom is 0.418 e. The van der Waals surface area contributed by atoms with Crippen molar-refractivity contribution in [3.05, 3.63) is 29.8 Å². The van der Waals surface area contributed by atoms with Gasteiger partial charge in [-0.15, -0.1) is 0 Å². The maximum atomic E-state index is 12.8. The number of para-hydroxylation sites is 1. The van der Waals surface area contributed by atoms with Gasteiger partial charge in [0.1, 0.15) is 0 Å². The van der Waals surface area contributed by atoms with Crippen molar-refractivity contribution in [1.82, 2.24) is 0 Å². The van der Waals surface area contributed by atoms with Crippen LogP contribution in [0.2, 0.25) is 0 Å². The number of alkyl halides is 3. The molecule has 1 atom stereocenters. The number of rotatable bonds is 2. The minimum absolute atomic E-state index is 0.297. The highest BCUT2D eigenvalue weighted by Crippen LogP contribution is 2.38. The first-order valence-electron chi connectivity index (χ1n) is 5.48. The molecule has 7 heteroatoms. The lowest BCUT2D eigenvalue weighted by molar-refractivity contribution is -0.310. The van der Waals surface area contributed by atoms with Gasteiger partial charge in [-0.2, -0.15) is 13.2 Å². The van der Waals surface area contributed by atoms with Gasteiger partial charge in [0.15, 0.2) is 0 Å². The molecule has 0 spiro atoms. The summed E-state index contributed by atoms with van der Waals surface area (Å²) in [5.74, 6) is -3.15. The van der Waals surface area contributed by atoms with E-state index in [0.29, 0.717) is 0 Å². The molecular formula is C12H9F3NO3-. The number of amides is 1. The molecule has 1 aliphatic heterocycles. The Morgan fingerprint density at radius 3 is 2.47 bits per heavy atom. The molecule has 0 saturated carbocycles. The van der Waals surface area contributed by atoms with Crippen LogP contribution >= 0.6 is 0 Å². The predicted octanol–water partition coefficient (Wildman–Crippen LogP) is 0.808. The average molecular weight is 272 g/mol. The topological polar surface area (TPSA) is 60.4 Å². The SMILES string of the molecule is O=C([O-])[C@H]1CC(=O)N(c2ccccc2C(F)(F)F)C1. The highest BCUT2D eigenvalue weighted by atomic mass is 19.4. The molecule has 102 valence electrons. The molecular weight excluding hydrogens is 263 g/mol. The highest BCUT2D eigenvalue weighted by Gasteiger charge is 2.39. The molecule has 1 saturated heterocycles. The van der Waals surface area contributed by atoms with Gasteiger partial charge >= 0.3 is 6.18 Å². The van der Waals surface area contributed by atoms with Gasteiger partial charge in [-0.3, -0.25) is 4.79 Å². The number of aliphatic carboxylic acids is 1. The highest BCUT2D eigenvalue weighted by molar-refractivity contribution is 5.99. The van der Waals surface area contributed by atoms with E-state index in [0.717, 1.165) is 17.0 Å². The molecule has 1 heterocycles. The molecule has 0 unspecified atom stereocenters. The Kier molecular flexibility index (Phi) is 3.21. The number of carbonyl (C=O) groups excluding carboxylic acids is 2. The van der Waals surface area contributed by atoms with Crippen molar-refractivity contribution in [1.29, 1.82) is 0 Å². The van der Waals surface area contributed by atoms with Crippen LogP contribution in [0.15, 0.2) is 24.3 Å². The minimum Gasteiger partial charge on any atom is -0.550 e. The van der Waals surface area contributed by atoms with Crippen LogP contribution in [-0.4, -0.2) is 18.4 Å². The summed E-state index contributed by atoms with van der Waals surface area (Å²) in [5, 5.41) is 10.7. The van der Waals surface area contributed by atoms with Crippen LogP contribution in [0, 0.1) is 5.92 Å². The van der Waals surface area contributed by atoms with E-state index in [9.17, 15) is 27.9 Å². The molecule has 1 amide bonds. The Morgan fingerprint density at radius 1 is 1.32 bits per heavy atom. The number of benzene rings is 1. The fourth-order valence-corrected chi connectivity index (χ4v) is 2.05. The predicted molar refractivity (Wildman–Crippen MR) is 56.9 cm³/mol. The van der Waals surface area contributed by atoms with E-state index in [1.807, 2.05) is 0 Å². The smallest absolute Gasteiger partial charge is 0.418 e. The molecule has 0 N–H and O–H groups in total. The zero-order valence-corrected chi connectivity index (χ0v) is 9.61. The number of halogens is 3. The van der Waals surface area contributed by atoms with Gasteiger partial charge < -0.3 is 14.8 Å². The number of nitrogens with zero attached hydrogens (tertiary/aromatic N) is 1. The number of carboxylic acid groups (broad SMARTS) is 1. The van der Waals surface area contributed by atoms with E-state index < -0.39 is 29.5 Å². The van der Waals surface area contributed by atoms with Crippen LogP contribution in [-0.2, 0) is 15.8 Å². The summed E-state index contributed by atoms with van der Waals surface area (Å²) in [6.07, 6.45) is -4.94. The standard InChI is InChI=1S/C12H10F3NO3/c13-12(14,15)8-3-1-2-4-9(8)16-6-7(11(18)19)5-10(16)17/h1-4,7H,5-6H2,(H,18,19)/p-1/t7-/m0/s1. The maximum absolute atomic E-state index is 12.8. The Labute approximate surface area is 106 Å². The summed E-state index contributed by atoms with van der Waals surface area (Å²) in [6.45, 7) is -0.297. The van der Waals surface area contributed by atoms with Gasteiger partial charge in [0.05, 0.1) is 11.3 Å². The van der Waals surface area contributed by atoms with E-state index in [1.54, 1.807) is 0 Å². The fourth-order valence-electron chi connectivity index (χ4n) is 2.05. The fraction of sp³-hybridized carbons (Fsp3) is 0.333. The molecule has 0 bridgehead atoms. The Hall–Kier alpha value is -2.05. The molecule has 1 aromatic rings. The third-order valence-electron chi connectivity index (χ3n) is 2.96. The molecule has 1 aromatic carbocycles. The quantitative estimate of drug-likeness (QED) is 0.800. The van der Waals surface area contributed by atoms with E-state index in [4.69, 9.17) is 0 Å². The van der Waals surface area contributed by atoms with Crippen LogP contribution in [0.5, 0.6) is 0 Å². The van der Waals surface area contributed by atoms with Gasteiger partial charge in [0.25, 0.3) is 0 Å². The van der Waals surface area contributed by atoms with E-state index in [2.05, 4.69) is 0 Å². The zero-order chi connectivity index (χ0) is 14.2. The monoisotopic (exact) mass is 272 g/mol. The third kappa shape index (κ3) is 2.54. The normalized spacial score (nSPS) is 19.8. The van der Waals surface area contributed by atoms with Crippen LogP contribution in [0.1, 0.15) is 12.0 Å². The molecule has 0 aromatic heterocycles. The Morgan fingerprint density at radius 2 is 1.95 bits per heavy atom. The molecule has 2 rings (SSSR count). The molecule has 0 radical (unpaired) electrons. The van der Waals surface area contributed by atoms with Crippen LogP contribution in [0.3, 0.4) is 0 Å². The van der Waals surface area contributed by atoms with E-state index in [-0.39, 0.29) is 18.7 Å². The largest absolute Gasteiger partial charge is 0.550 e. The molecule has 19 heavy (non-hydrogen) atoms. The van der Waals surface area contributed by atoms with Gasteiger partial charge in [0, 0.05) is 24.9 Å². The Balaban J connectivity index is 2.38. The van der Waals surface area contributed by atoms with E-state index in [1.165, 1.54) is 12.1 Å². The first kappa shape index (κ1) is 13.4. The Bertz CT molecular complexity index is 527. The number of carboxylic acids is 1. The number of hydrogen-bond donors (Lipinski definition) is 0. The zero-order valence-electron chi connectivity index (χ0n) is 9.61. The summed E-state index contributed by atoms with van der Waals surface area (Å²) < 4.78 is 38.5. The summed E-state index contributed by atoms with van der Waals surface area (Å²) in [5.41, 5.74) is -1.27. The molecule has 1 aliphatic rings. The third-order valence-corrected chi connectivity index (χ3v) is 2.96. The van der Waals surface area contributed by atoms with Crippen molar-refractivity contribution in [3.8, 4) is 0 Å². The van der Waals surface area contributed by atoms with Gasteiger partial charge in [-0.25, -0.2) is 0 Å². The lowest BCUT2D eigenvalue weighted by Gasteiger charge is -2.21. The average Bonchev–Trinajstić information content (AvgIpc) is 2.70. The van der Waals surface area contributed by atoms with Gasteiger partial charge in [-0.1, -0.05) is 12.1 Å². The van der Waals surface area contributed by atoms with Crippen molar-refractivity contribution in [2.75, 3.05) is 11.4 Å². The summed E-state index contributed by atoms with van der Waals surface area (Å²) in [4.78, 5) is 23.2. The number of hydrogen-bond acceptors (Lipinski definition) is 3.